The van der Waals surface area contributed by atoms with Gasteiger partial charge in [-0.25, -0.2) is 0 Å². The van der Waals surface area contributed by atoms with E-state index in [1.165, 1.54) is 69.1 Å². The van der Waals surface area contributed by atoms with Crippen molar-refractivity contribution >= 4 is 11.8 Å². The molecule has 0 aliphatic heterocycles. The maximum absolute atomic E-state index is 10.2. The molecular weight excluding hydrogens is 252 g/mol. The molecule has 1 nitrogen and oxygen atoms in total. The summed E-state index contributed by atoms with van der Waals surface area (Å²) in [7, 11) is 0. The maximum Gasteiger partial charge on any atom is 0.115 e. The Hall–Kier alpha value is -0.370. The largest absolute Gasteiger partial charge is 0.508 e. The van der Waals surface area contributed by atoms with Crippen LogP contribution < -0.4 is 0 Å². The van der Waals surface area contributed by atoms with Crippen LogP contribution in [0.15, 0.2) is 22.8 Å². The predicted molar refractivity (Wildman–Crippen MR) is 87.7 cm³/mol. The topological polar surface area (TPSA) is 20.2 Å². The van der Waals surface area contributed by atoms with Gasteiger partial charge in [0.15, 0.2) is 0 Å². The molecule has 0 aromatic heterocycles. The van der Waals surface area contributed by atoms with E-state index in [0.29, 0.717) is 5.76 Å². The number of allylic oxidation sites excluding steroid dienone is 2. The predicted octanol–water partition coefficient (Wildman–Crippen LogP) is 6.37. The first-order valence-electron chi connectivity index (χ1n) is 8.04. The van der Waals surface area contributed by atoms with Crippen LogP contribution in [0.3, 0.4) is 0 Å². The molecule has 0 saturated carbocycles. The number of unbranched alkanes of at least 4 members (excludes halogenated alkanes) is 1. The molecule has 1 N–H and O–H groups in total. The van der Waals surface area contributed by atoms with Crippen LogP contribution in [-0.4, -0.2) is 10.9 Å². The van der Waals surface area contributed by atoms with Crippen molar-refractivity contribution in [1.29, 1.82) is 0 Å². The summed E-state index contributed by atoms with van der Waals surface area (Å²) in [6, 6.07) is 0. The third-order valence-corrected chi connectivity index (χ3v) is 4.63. The van der Waals surface area contributed by atoms with Gasteiger partial charge in [0.2, 0.25) is 0 Å². The molecule has 0 aromatic carbocycles. The molecule has 19 heavy (non-hydrogen) atoms. The Morgan fingerprint density at radius 1 is 1.11 bits per heavy atom. The van der Waals surface area contributed by atoms with Crippen molar-refractivity contribution < 1.29 is 5.11 Å². The van der Waals surface area contributed by atoms with E-state index in [1.54, 1.807) is 0 Å². The molecule has 110 valence electrons. The average molecular weight is 282 g/mol. The van der Waals surface area contributed by atoms with Crippen molar-refractivity contribution in [3.63, 3.8) is 0 Å². The highest BCUT2D eigenvalue weighted by Gasteiger charge is 2.05. The molecular formula is C17H30OS. The Morgan fingerprint density at radius 3 is 2.53 bits per heavy atom. The first-order valence-corrected chi connectivity index (χ1v) is 9.09. The van der Waals surface area contributed by atoms with Crippen molar-refractivity contribution in [3.8, 4) is 0 Å². The van der Waals surface area contributed by atoms with Crippen molar-refractivity contribution in [2.24, 2.45) is 0 Å². The summed E-state index contributed by atoms with van der Waals surface area (Å²) >= 11 is 1.86. The number of thioether (sulfide) groups is 1. The van der Waals surface area contributed by atoms with E-state index in [0.717, 1.165) is 12.8 Å². The summed E-state index contributed by atoms with van der Waals surface area (Å²) in [6.07, 6.45) is 15.8. The van der Waals surface area contributed by atoms with Gasteiger partial charge in [-0.2, -0.15) is 0 Å². The highest BCUT2D eigenvalue weighted by atomic mass is 32.2. The Morgan fingerprint density at radius 2 is 1.79 bits per heavy atom. The summed E-state index contributed by atoms with van der Waals surface area (Å²) in [5.74, 6) is 1.72. The van der Waals surface area contributed by atoms with E-state index in [2.05, 4.69) is 12.3 Å². The normalized spacial score (nSPS) is 24.3. The molecule has 0 amide bonds. The van der Waals surface area contributed by atoms with Crippen molar-refractivity contribution in [3.05, 3.63) is 22.8 Å². The molecule has 2 heteroatoms. The average Bonchev–Trinajstić information content (AvgIpc) is 2.41. The fourth-order valence-corrected chi connectivity index (χ4v) is 3.36. The number of hydrogen-bond acceptors (Lipinski definition) is 2. The second-order valence-electron chi connectivity index (χ2n) is 5.47. The molecule has 0 saturated heterocycles. The van der Waals surface area contributed by atoms with Gasteiger partial charge < -0.3 is 5.11 Å². The van der Waals surface area contributed by atoms with Gasteiger partial charge in [-0.1, -0.05) is 45.4 Å². The fraction of sp³-hybridized carbons (Fsp3) is 0.765. The van der Waals surface area contributed by atoms with Crippen molar-refractivity contribution in [2.75, 3.05) is 5.75 Å². The van der Waals surface area contributed by atoms with Crippen LogP contribution in [0, 0.1) is 0 Å². The van der Waals surface area contributed by atoms with Gasteiger partial charge >= 0.3 is 0 Å². The molecule has 0 heterocycles. The molecule has 0 aromatic rings. The van der Waals surface area contributed by atoms with Gasteiger partial charge in [0, 0.05) is 0 Å². The first-order chi connectivity index (χ1) is 9.34. The minimum absolute atomic E-state index is 0.546. The zero-order valence-corrected chi connectivity index (χ0v) is 13.3. The van der Waals surface area contributed by atoms with Crippen LogP contribution in [0.1, 0.15) is 77.6 Å². The highest BCUT2D eigenvalue weighted by Crippen LogP contribution is 2.23. The lowest BCUT2D eigenvalue weighted by molar-refractivity contribution is 0.412. The van der Waals surface area contributed by atoms with Crippen LogP contribution in [0.25, 0.3) is 0 Å². The SMILES string of the molecule is CCCCSC=C1CCCCCCCCC/C=C/1O. The molecule has 1 rings (SSSR count). The smallest absolute Gasteiger partial charge is 0.115 e. The molecule has 0 spiro atoms. The molecule has 0 radical (unpaired) electrons. The van der Waals surface area contributed by atoms with Crippen LogP contribution in [0.5, 0.6) is 0 Å². The van der Waals surface area contributed by atoms with Gasteiger partial charge in [-0.05, 0) is 54.9 Å². The van der Waals surface area contributed by atoms with Crippen LogP contribution in [-0.2, 0) is 0 Å². The van der Waals surface area contributed by atoms with Crippen LogP contribution in [0.4, 0.5) is 0 Å². The number of aliphatic hydroxyl groups is 1. The summed E-state index contributed by atoms with van der Waals surface area (Å²) in [5, 5.41) is 12.4. The molecule has 0 atom stereocenters. The van der Waals surface area contributed by atoms with Gasteiger partial charge in [-0.15, -0.1) is 11.8 Å². The monoisotopic (exact) mass is 282 g/mol. The standard InChI is InChI=1S/C17H30OS/c1-2-3-14-19-15-16-12-10-8-6-4-5-7-9-11-13-17(16)18/h13,15,18H,2-12,14H2,1H3/b16-15?,17-13-. The van der Waals surface area contributed by atoms with Crippen LogP contribution in [0.2, 0.25) is 0 Å². The second kappa shape index (κ2) is 11.5. The Balaban J connectivity index is 2.51. The minimum Gasteiger partial charge on any atom is -0.508 e. The quantitative estimate of drug-likeness (QED) is 0.604. The number of aliphatic hydroxyl groups excluding tert-OH is 1. The summed E-state index contributed by atoms with van der Waals surface area (Å²) in [6.45, 7) is 2.22. The first kappa shape index (κ1) is 16.7. The van der Waals surface area contributed by atoms with E-state index >= 15 is 0 Å². The zero-order chi connectivity index (χ0) is 13.8. The van der Waals surface area contributed by atoms with Crippen molar-refractivity contribution in [2.45, 2.75) is 77.6 Å². The third kappa shape index (κ3) is 8.41. The van der Waals surface area contributed by atoms with E-state index in [-0.39, 0.29) is 0 Å². The van der Waals surface area contributed by atoms with Gasteiger partial charge in [0.1, 0.15) is 5.76 Å². The van der Waals surface area contributed by atoms with E-state index in [9.17, 15) is 5.11 Å². The summed E-state index contributed by atoms with van der Waals surface area (Å²) < 4.78 is 0. The lowest BCUT2D eigenvalue weighted by Gasteiger charge is -2.09. The highest BCUT2D eigenvalue weighted by molar-refractivity contribution is 8.02. The Bertz CT molecular complexity index is 281. The van der Waals surface area contributed by atoms with Gasteiger partial charge in [0.05, 0.1) is 0 Å². The van der Waals surface area contributed by atoms with E-state index in [4.69, 9.17) is 0 Å². The second-order valence-corrected chi connectivity index (χ2v) is 6.45. The molecule has 1 aliphatic rings. The van der Waals surface area contributed by atoms with E-state index < -0.39 is 0 Å². The number of hydrogen-bond donors (Lipinski definition) is 1. The number of rotatable bonds is 4. The molecule has 0 unspecified atom stereocenters. The Labute approximate surface area is 123 Å². The fourth-order valence-electron chi connectivity index (χ4n) is 2.35. The Kier molecular flexibility index (Phi) is 10.1. The maximum atomic E-state index is 10.2. The third-order valence-electron chi connectivity index (χ3n) is 3.66. The molecule has 0 bridgehead atoms. The summed E-state index contributed by atoms with van der Waals surface area (Å²) in [5.41, 5.74) is 1.17. The minimum atomic E-state index is 0.546. The zero-order valence-electron chi connectivity index (χ0n) is 12.5. The van der Waals surface area contributed by atoms with Gasteiger partial charge in [0.25, 0.3) is 0 Å². The summed E-state index contributed by atoms with van der Waals surface area (Å²) in [4.78, 5) is 0. The lowest BCUT2D eigenvalue weighted by atomic mass is 10.0. The molecule has 1 aliphatic carbocycles. The lowest BCUT2D eigenvalue weighted by Crippen LogP contribution is -1.92. The van der Waals surface area contributed by atoms with Crippen LogP contribution >= 0.6 is 11.8 Å². The van der Waals surface area contributed by atoms with E-state index in [1.807, 2.05) is 17.8 Å². The molecule has 0 fully saturated rings. The van der Waals surface area contributed by atoms with Crippen molar-refractivity contribution in [1.82, 2.24) is 0 Å². The van der Waals surface area contributed by atoms with Gasteiger partial charge in [-0.3, -0.25) is 0 Å².